The Bertz CT molecular complexity index is 395. The molecule has 1 rings (SSSR count). The maximum absolute atomic E-state index is 8.18. The number of nitriles is 1. The Balaban J connectivity index is 3.12. The Morgan fingerprint density at radius 2 is 2.33 bits per heavy atom. The molecule has 0 amide bonds. The molecule has 12 heavy (non-hydrogen) atoms. The molecular formula is C8H4ClN3. The topological polar surface area (TPSA) is 49.6 Å². The van der Waals surface area contributed by atoms with Crippen LogP contribution in [0.5, 0.6) is 0 Å². The lowest BCUT2D eigenvalue weighted by atomic mass is 10.2. The third-order valence-electron chi connectivity index (χ3n) is 1.20. The summed E-state index contributed by atoms with van der Waals surface area (Å²) in [5, 5.41) is 8.37. The summed E-state index contributed by atoms with van der Waals surface area (Å²) in [5.74, 6) is 4.85. The molecule has 58 valence electrons. The molecule has 0 aliphatic heterocycles. The first-order valence-corrected chi connectivity index (χ1v) is 3.51. The van der Waals surface area contributed by atoms with Gasteiger partial charge in [-0.2, -0.15) is 5.26 Å². The molecule has 0 aliphatic rings. The van der Waals surface area contributed by atoms with Crippen LogP contribution in [-0.2, 0) is 0 Å². The first-order valence-electron chi connectivity index (χ1n) is 3.13. The van der Waals surface area contributed by atoms with E-state index in [1.165, 1.54) is 6.20 Å². The molecule has 0 radical (unpaired) electrons. The van der Waals surface area contributed by atoms with Crippen molar-refractivity contribution >= 4 is 11.6 Å². The molecule has 0 N–H and O–H groups in total. The minimum atomic E-state index is 0.190. The summed E-state index contributed by atoms with van der Waals surface area (Å²) in [7, 11) is 0. The van der Waals surface area contributed by atoms with E-state index in [9.17, 15) is 0 Å². The van der Waals surface area contributed by atoms with Gasteiger partial charge < -0.3 is 0 Å². The summed E-state index contributed by atoms with van der Waals surface area (Å²) >= 11 is 5.52. The smallest absolute Gasteiger partial charge is 0.222 e. The normalized spacial score (nSPS) is 8.08. The first-order chi connectivity index (χ1) is 5.74. The Morgan fingerprint density at radius 3 is 2.92 bits per heavy atom. The van der Waals surface area contributed by atoms with Crippen LogP contribution in [0.2, 0.25) is 5.28 Å². The van der Waals surface area contributed by atoms with Gasteiger partial charge in [-0.15, -0.1) is 0 Å². The van der Waals surface area contributed by atoms with Crippen molar-refractivity contribution in [2.75, 3.05) is 0 Å². The van der Waals surface area contributed by atoms with Crippen molar-refractivity contribution in [2.45, 2.75) is 6.92 Å². The number of aromatic nitrogens is 2. The molecular weight excluding hydrogens is 174 g/mol. The van der Waals surface area contributed by atoms with Crippen molar-refractivity contribution in [3.8, 4) is 17.9 Å². The zero-order valence-electron chi connectivity index (χ0n) is 6.30. The fourth-order valence-electron chi connectivity index (χ4n) is 0.657. The van der Waals surface area contributed by atoms with Gasteiger partial charge in [-0.1, -0.05) is 0 Å². The second-order valence-electron chi connectivity index (χ2n) is 2.00. The summed E-state index contributed by atoms with van der Waals surface area (Å²) < 4.78 is 0. The Morgan fingerprint density at radius 1 is 1.58 bits per heavy atom. The number of halogens is 1. The van der Waals surface area contributed by atoms with E-state index in [4.69, 9.17) is 16.9 Å². The first kappa shape index (κ1) is 8.52. The highest BCUT2D eigenvalue weighted by molar-refractivity contribution is 6.28. The number of aryl methyl sites for hydroxylation is 1. The van der Waals surface area contributed by atoms with Gasteiger partial charge in [0.15, 0.2) is 6.07 Å². The highest BCUT2D eigenvalue weighted by Crippen LogP contribution is 2.05. The maximum atomic E-state index is 8.18. The average molecular weight is 178 g/mol. The van der Waals surface area contributed by atoms with Crippen LogP contribution in [0, 0.1) is 30.1 Å². The average Bonchev–Trinajstić information content (AvgIpc) is 2.03. The Hall–Kier alpha value is -1.58. The largest absolute Gasteiger partial charge is 0.225 e. The lowest BCUT2D eigenvalue weighted by Gasteiger charge is -1.94. The number of hydrogen-bond acceptors (Lipinski definition) is 3. The van der Waals surface area contributed by atoms with Crippen molar-refractivity contribution in [3.63, 3.8) is 0 Å². The molecule has 4 heteroatoms. The molecule has 1 aromatic heterocycles. The van der Waals surface area contributed by atoms with Crippen LogP contribution in [0.25, 0.3) is 0 Å². The lowest BCUT2D eigenvalue weighted by molar-refractivity contribution is 1.09. The highest BCUT2D eigenvalue weighted by atomic mass is 35.5. The van der Waals surface area contributed by atoms with Crippen molar-refractivity contribution in [1.82, 2.24) is 9.97 Å². The van der Waals surface area contributed by atoms with Crippen LogP contribution < -0.4 is 0 Å². The van der Waals surface area contributed by atoms with E-state index in [0.717, 1.165) is 0 Å². The number of hydrogen-bond donors (Lipinski definition) is 0. The molecule has 0 aliphatic carbocycles. The van der Waals surface area contributed by atoms with E-state index in [2.05, 4.69) is 21.8 Å². The van der Waals surface area contributed by atoms with Gasteiger partial charge in [0.25, 0.3) is 0 Å². The van der Waals surface area contributed by atoms with Crippen LogP contribution in [0.1, 0.15) is 11.3 Å². The van der Waals surface area contributed by atoms with Gasteiger partial charge in [0.2, 0.25) is 5.28 Å². The van der Waals surface area contributed by atoms with Gasteiger partial charge in [0.1, 0.15) is 0 Å². The van der Waals surface area contributed by atoms with Crippen LogP contribution in [0.4, 0.5) is 0 Å². The van der Waals surface area contributed by atoms with Gasteiger partial charge in [0, 0.05) is 12.1 Å². The molecule has 0 aromatic carbocycles. The zero-order valence-corrected chi connectivity index (χ0v) is 7.05. The van der Waals surface area contributed by atoms with Gasteiger partial charge in [-0.05, 0) is 24.4 Å². The predicted octanol–water partition coefficient (Wildman–Crippen LogP) is 1.31. The Labute approximate surface area is 75.0 Å². The van der Waals surface area contributed by atoms with E-state index in [1.807, 2.05) is 0 Å². The summed E-state index contributed by atoms with van der Waals surface area (Å²) in [5.41, 5.74) is 1.30. The van der Waals surface area contributed by atoms with Crippen molar-refractivity contribution in [3.05, 3.63) is 22.7 Å². The van der Waals surface area contributed by atoms with Crippen LogP contribution in [0.15, 0.2) is 6.20 Å². The van der Waals surface area contributed by atoms with Crippen molar-refractivity contribution in [1.29, 1.82) is 5.26 Å². The quantitative estimate of drug-likeness (QED) is 0.444. The monoisotopic (exact) mass is 177 g/mol. The summed E-state index contributed by atoms with van der Waals surface area (Å²) in [6.45, 7) is 1.76. The fourth-order valence-corrected chi connectivity index (χ4v) is 0.832. The maximum Gasteiger partial charge on any atom is 0.222 e. The fraction of sp³-hybridized carbons (Fsp3) is 0.125. The van der Waals surface area contributed by atoms with Gasteiger partial charge >= 0.3 is 0 Å². The summed E-state index contributed by atoms with van der Waals surface area (Å²) in [6.07, 6.45) is 1.50. The SMILES string of the molecule is Cc1nc(Cl)ncc1C#CC#N. The van der Waals surface area contributed by atoms with Crippen LogP contribution >= 0.6 is 11.6 Å². The summed E-state index contributed by atoms with van der Waals surface area (Å²) in [4.78, 5) is 7.60. The lowest BCUT2D eigenvalue weighted by Crippen LogP contribution is -1.90. The molecule has 0 saturated carbocycles. The molecule has 1 heterocycles. The molecule has 0 spiro atoms. The predicted molar refractivity (Wildman–Crippen MR) is 44.3 cm³/mol. The third-order valence-corrected chi connectivity index (χ3v) is 1.39. The Kier molecular flexibility index (Phi) is 2.63. The van der Waals surface area contributed by atoms with Gasteiger partial charge in [0.05, 0.1) is 11.3 Å². The van der Waals surface area contributed by atoms with E-state index in [1.54, 1.807) is 13.0 Å². The van der Waals surface area contributed by atoms with Crippen molar-refractivity contribution in [2.24, 2.45) is 0 Å². The molecule has 0 fully saturated rings. The van der Waals surface area contributed by atoms with E-state index < -0.39 is 0 Å². The minimum Gasteiger partial charge on any atom is -0.225 e. The zero-order chi connectivity index (χ0) is 8.97. The van der Waals surface area contributed by atoms with E-state index >= 15 is 0 Å². The molecule has 3 nitrogen and oxygen atoms in total. The van der Waals surface area contributed by atoms with Crippen molar-refractivity contribution < 1.29 is 0 Å². The molecule has 0 unspecified atom stereocenters. The van der Waals surface area contributed by atoms with Crippen LogP contribution in [0.3, 0.4) is 0 Å². The van der Waals surface area contributed by atoms with Gasteiger partial charge in [-0.3, -0.25) is 0 Å². The molecule has 0 atom stereocenters. The van der Waals surface area contributed by atoms with Gasteiger partial charge in [-0.25, -0.2) is 9.97 Å². The van der Waals surface area contributed by atoms with E-state index in [-0.39, 0.29) is 5.28 Å². The number of rotatable bonds is 0. The second-order valence-corrected chi connectivity index (χ2v) is 2.34. The second kappa shape index (κ2) is 3.71. The minimum absolute atomic E-state index is 0.190. The third kappa shape index (κ3) is 1.95. The molecule has 0 bridgehead atoms. The highest BCUT2D eigenvalue weighted by Gasteiger charge is 1.97. The van der Waals surface area contributed by atoms with E-state index in [0.29, 0.717) is 11.3 Å². The summed E-state index contributed by atoms with van der Waals surface area (Å²) in [6, 6.07) is 1.71. The molecule has 1 aromatic rings. The molecule has 0 saturated heterocycles. The number of nitrogens with zero attached hydrogens (tertiary/aromatic N) is 3. The van der Waals surface area contributed by atoms with Crippen LogP contribution in [-0.4, -0.2) is 9.97 Å². The standard InChI is InChI=1S/C8H4ClN3/c1-6-7(3-2-4-10)5-11-8(9)12-6/h5H,1H3.